The van der Waals surface area contributed by atoms with E-state index in [2.05, 4.69) is 9.97 Å². The predicted octanol–water partition coefficient (Wildman–Crippen LogP) is 15.0. The Bertz CT molecular complexity index is 5750. The molecule has 2 aromatic heterocycles. The van der Waals surface area contributed by atoms with Gasteiger partial charge in [-0.25, -0.2) is 8.78 Å². The Morgan fingerprint density at radius 3 is 1.54 bits per heavy atom. The lowest BCUT2D eigenvalue weighted by molar-refractivity contribution is -0.138. The van der Waals surface area contributed by atoms with E-state index in [0.717, 1.165) is 52.5 Å². The number of hydrogen-bond donors (Lipinski definition) is 0. The first-order valence-corrected chi connectivity index (χ1v) is 31.4. The molecule has 1 atom stereocenters. The second-order valence-electron chi connectivity index (χ2n) is 20.7. The summed E-state index contributed by atoms with van der Waals surface area (Å²) in [5, 5.41) is -1.00. The molecule has 0 saturated heterocycles. The molecule has 12 nitrogen and oxygen atoms in total. The van der Waals surface area contributed by atoms with Crippen molar-refractivity contribution in [2.75, 3.05) is 52.2 Å². The number of rotatable bonds is 26. The number of carbonyl (C=O) groups is 2. The van der Waals surface area contributed by atoms with Gasteiger partial charge in [0.05, 0.1) is 42.7 Å². The van der Waals surface area contributed by atoms with Crippen LogP contribution >= 0.6 is 23.5 Å². The largest absolute Gasteiger partial charge is 0.416 e. The van der Waals surface area contributed by atoms with Crippen LogP contribution in [0.25, 0.3) is 22.3 Å². The summed E-state index contributed by atoms with van der Waals surface area (Å²) in [6.45, 7) is -16.4. The van der Waals surface area contributed by atoms with Crippen LogP contribution in [0.5, 0.6) is 0 Å². The highest BCUT2D eigenvalue weighted by atomic mass is 32.2. The van der Waals surface area contributed by atoms with Crippen molar-refractivity contribution in [3.8, 4) is 22.3 Å². The summed E-state index contributed by atoms with van der Waals surface area (Å²) in [5.74, 6) is -10.0. The molecule has 508 valence electrons. The number of amides is 2. The topological polar surface area (TPSA) is 117 Å². The molecule has 96 heavy (non-hydrogen) atoms. The first-order chi connectivity index (χ1) is 58.6. The maximum atomic E-state index is 15.0. The van der Waals surface area contributed by atoms with Gasteiger partial charge in [0, 0.05) is 85.3 Å². The Morgan fingerprint density at radius 1 is 0.573 bits per heavy atom. The molecule has 22 heteroatoms. The zero-order chi connectivity index (χ0) is 97.2. The van der Waals surface area contributed by atoms with Gasteiger partial charge in [-0.1, -0.05) is 149 Å². The zero-order valence-electron chi connectivity index (χ0n) is 83.9. The molecule has 0 radical (unpaired) electrons. The highest BCUT2D eigenvalue weighted by molar-refractivity contribution is 7.98. The Kier molecular flexibility index (Phi) is 13.9. The van der Waals surface area contributed by atoms with E-state index in [-0.39, 0.29) is 81.9 Å². The highest BCUT2D eigenvalue weighted by Crippen LogP contribution is 2.35. The van der Waals surface area contributed by atoms with Gasteiger partial charge in [-0.2, -0.15) is 36.3 Å². The van der Waals surface area contributed by atoms with Crippen LogP contribution in [-0.2, 0) is 85.1 Å². The van der Waals surface area contributed by atoms with Gasteiger partial charge in [-0.05, 0) is 169 Å². The van der Waals surface area contributed by atoms with E-state index in [1.165, 1.54) is 52.0 Å². The summed E-state index contributed by atoms with van der Waals surface area (Å²) in [6.07, 6.45) is -15.6. The molecule has 0 fully saturated rings. The van der Waals surface area contributed by atoms with Gasteiger partial charge in [0.2, 0.25) is 11.8 Å². The summed E-state index contributed by atoms with van der Waals surface area (Å²) in [7, 11) is 0. The Morgan fingerprint density at radius 2 is 1.04 bits per heavy atom. The number of carbonyl (C=O) groups excluding carboxylic acids is 2. The van der Waals surface area contributed by atoms with Crippen LogP contribution in [0.1, 0.15) is 146 Å². The normalized spacial score (nSPS) is 21.1. The number of thioether (sulfide) groups is 2. The third kappa shape index (κ3) is 19.0. The van der Waals surface area contributed by atoms with Crippen LogP contribution in [0, 0.1) is 24.5 Å². The van der Waals surface area contributed by atoms with E-state index in [1.807, 2.05) is 0 Å². The molecular weight excluding hydrogens is 1280 g/mol. The maximum absolute atomic E-state index is 15.0. The molecule has 1 unspecified atom stereocenters. The molecule has 2 aliphatic rings. The summed E-state index contributed by atoms with van der Waals surface area (Å²) in [5.41, 5.74) is -11.0. The van der Waals surface area contributed by atoms with E-state index in [1.54, 1.807) is 0 Å². The van der Waals surface area contributed by atoms with E-state index < -0.39 is 281 Å². The Hall–Kier alpha value is -7.92. The number of benzene rings is 6. The van der Waals surface area contributed by atoms with E-state index in [0.29, 0.717) is 34.5 Å². The van der Waals surface area contributed by atoms with Gasteiger partial charge >= 0.3 is 12.4 Å². The molecule has 0 bridgehead atoms. The van der Waals surface area contributed by atoms with Gasteiger partial charge in [0.1, 0.15) is 24.7 Å². The van der Waals surface area contributed by atoms with Crippen LogP contribution in [0.15, 0.2) is 159 Å². The van der Waals surface area contributed by atoms with Gasteiger partial charge in [-0.3, -0.25) is 19.2 Å². The molecule has 0 N–H and O–H groups in total. The molecule has 0 aliphatic heterocycles. The standard InChI is InChI=1S/2C37H40F4N4O2S/c1-4-43(5-2)18-19-44(22-26-6-10-28(11-7-26)29-12-14-30(15-13-29)37(39,40)41)34(46)23-45-33-21-25(3)20-32(33)35(47)42-36(45)48-24-27-8-16-31(38)17-9-27;1-4-43(5-2)19-20-44(22-29-12-11-28(21-25(29)3)27-13-15-30(16-14-27)37(39,40)41)34(46)23-45-33-8-6-7-32(33)35(47)42-36(45)48-24-26-9-17-31(38)18-10-26/h6-17,25H,4-5,18-24H2,1-3H3;9-18,21H,4-8,19-20,22-24H2,1-3H3/i8D,9D,16D,17D,18D2,19D2,20D2,21D2,22D2,25D;9D,10D,11D,12D,13D,14D,15D,16D,17D,18D,19D2,20D2,21D,22D2. The zero-order valence-corrected chi connectivity index (χ0v) is 53.6. The van der Waals surface area contributed by atoms with Gasteiger partial charge < -0.3 is 28.7 Å². The third-order valence-corrected chi connectivity index (χ3v) is 16.3. The van der Waals surface area contributed by atoms with Crippen LogP contribution in [0.2, 0.25) is 0 Å². The minimum absolute atomic E-state index is 0.0774. The van der Waals surface area contributed by atoms with Crippen molar-refractivity contribution in [2.45, 2.75) is 134 Å². The van der Waals surface area contributed by atoms with Crippen molar-refractivity contribution >= 4 is 35.3 Å². The highest BCUT2D eigenvalue weighted by Gasteiger charge is 2.33. The first-order valence-electron chi connectivity index (χ1n) is 45.4. The fraction of sp³-hybridized carbons (Fsp3) is 0.378. The number of hydrogen-bond acceptors (Lipinski definition) is 10. The van der Waals surface area contributed by atoms with Gasteiger partial charge in [-0.15, -0.1) is 0 Å². The van der Waals surface area contributed by atoms with Crippen molar-refractivity contribution in [3.05, 3.63) is 233 Å². The summed E-state index contributed by atoms with van der Waals surface area (Å²) in [4.78, 5) is 66.3. The van der Waals surface area contributed by atoms with Gasteiger partial charge in [0.25, 0.3) is 11.1 Å². The van der Waals surface area contributed by atoms with Gasteiger partial charge in [0.15, 0.2) is 10.3 Å². The number of alkyl halides is 6. The van der Waals surface area contributed by atoms with E-state index in [4.69, 9.17) is 32.9 Å². The molecule has 2 aliphatic carbocycles. The van der Waals surface area contributed by atoms with Crippen molar-refractivity contribution in [2.24, 2.45) is 5.89 Å². The SMILES string of the molecule is [2H]c1c([2H])c(CSc2nc(=O)c3c(n2CC(=O)N(C([2H])([2H])c2c([2H])c([2H])c(-c4c([2H])c([2H])c(C(F)(F)F)c([2H])c4[2H])c([2H])c2C)C([2H])([2H])C([2H])([2H])N(CC)CC)CCC3)c([2H])c([2H])c1F.[2H]c1c([2H])c(CSc2nc(=O)c3c(n2CC(=O)N(C([2H])([2H])c2ccc(-c4ccc(C(F)(F)F)cc4)cc2)C([2H])([2H])C([2H])([2H])N(CC)CC)C([2H])([2H])C([2H])(C)C3([2H])[2H])c([2H])c([2H])c1F. The lowest BCUT2D eigenvalue weighted by Gasteiger charge is -2.28. The Labute approximate surface area is 608 Å². The van der Waals surface area contributed by atoms with E-state index >= 15 is 0 Å². The van der Waals surface area contributed by atoms with Crippen LogP contribution in [0.4, 0.5) is 35.1 Å². The molecule has 2 heterocycles. The summed E-state index contributed by atoms with van der Waals surface area (Å²) in [6, 6.07) is -7.86. The average molecular weight is 1390 g/mol. The quantitative estimate of drug-likeness (QED) is 0.0295. The molecule has 0 saturated carbocycles. The molecular formula is C74H80F8N8O4S2. The predicted molar refractivity (Wildman–Crippen MR) is 362 cm³/mol. The fourth-order valence-corrected chi connectivity index (χ4v) is 11.0. The second-order valence-corrected chi connectivity index (χ2v) is 22.6. The third-order valence-electron chi connectivity index (χ3n) is 14.3. The number of aromatic nitrogens is 4. The molecule has 8 aromatic rings. The van der Waals surface area contributed by atoms with Crippen molar-refractivity contribution in [3.63, 3.8) is 0 Å². The fourth-order valence-electron chi connectivity index (χ4n) is 9.22. The van der Waals surface area contributed by atoms with Crippen molar-refractivity contribution in [1.82, 2.24) is 38.7 Å². The minimum atomic E-state index is -5.36. The molecule has 6 aromatic carbocycles. The van der Waals surface area contributed by atoms with Crippen molar-refractivity contribution < 1.29 is 88.6 Å². The summed E-state index contributed by atoms with van der Waals surface area (Å²) < 4.78 is 390. The molecule has 2 amide bonds. The molecule has 10 rings (SSSR count). The number of likely N-dealkylation sites (N-methyl/N-ethyl adjacent to an activating group) is 2. The summed E-state index contributed by atoms with van der Waals surface area (Å²) >= 11 is 0.999. The lowest BCUT2D eigenvalue weighted by Crippen LogP contribution is -2.40. The smallest absolute Gasteiger partial charge is 0.336 e. The number of fused-ring (bicyclic) bond motifs is 2. The monoisotopic (exact) mass is 1390 g/mol. The van der Waals surface area contributed by atoms with Crippen molar-refractivity contribution in [1.29, 1.82) is 0 Å². The number of nitrogens with zero attached hydrogens (tertiary/aromatic N) is 8. The van der Waals surface area contributed by atoms with Crippen LogP contribution in [-0.4, -0.2) is 103 Å². The van der Waals surface area contributed by atoms with E-state index in [9.17, 15) is 65.3 Å². The first kappa shape index (κ1) is 40.7. The van der Waals surface area contributed by atoms with Crippen LogP contribution < -0.4 is 11.1 Å². The molecule has 0 spiro atoms. The maximum Gasteiger partial charge on any atom is 0.416 e. The lowest BCUT2D eigenvalue weighted by atomic mass is 9.98. The number of halogens is 8. The average Bonchev–Trinajstić information content (AvgIpc) is 1.51. The Balaban J connectivity index is 0.000000289. The second kappa shape index (κ2) is 32.9. The minimum Gasteiger partial charge on any atom is -0.336 e. The van der Waals surface area contributed by atoms with Crippen LogP contribution in [0.3, 0.4) is 0 Å².